The van der Waals surface area contributed by atoms with Crippen LogP contribution in [0.15, 0.2) is 30.5 Å². The quantitative estimate of drug-likeness (QED) is 0.793. The lowest BCUT2D eigenvalue weighted by atomic mass is 9.75. The molecule has 3 aliphatic heterocycles. The van der Waals surface area contributed by atoms with Gasteiger partial charge in [-0.1, -0.05) is 50.3 Å². The normalized spacial score (nSPS) is 26.2. The Morgan fingerprint density at radius 3 is 2.60 bits per heavy atom. The summed E-state index contributed by atoms with van der Waals surface area (Å²) in [5.74, 6) is 0.909. The van der Waals surface area contributed by atoms with Gasteiger partial charge < -0.3 is 10.2 Å². The Hall–Kier alpha value is -2.21. The van der Waals surface area contributed by atoms with Gasteiger partial charge in [0.25, 0.3) is 0 Å². The maximum atomic E-state index is 12.6. The van der Waals surface area contributed by atoms with Crippen molar-refractivity contribution in [2.75, 3.05) is 13.1 Å². The monoisotopic (exact) mass is 410 g/mol. The minimum absolute atomic E-state index is 0.150. The minimum Gasteiger partial charge on any atom is -0.353 e. The van der Waals surface area contributed by atoms with Crippen LogP contribution >= 0.6 is 0 Å². The summed E-state index contributed by atoms with van der Waals surface area (Å²) in [4.78, 5) is 14.1. The van der Waals surface area contributed by atoms with Crippen LogP contribution in [0.4, 0.5) is 0 Å². The van der Waals surface area contributed by atoms with Gasteiger partial charge >= 0.3 is 0 Å². The topological polar surface area (TPSA) is 64.2 Å². The van der Waals surface area contributed by atoms with Gasteiger partial charge in [0, 0.05) is 24.4 Å². The fourth-order valence-corrected chi connectivity index (χ4v) is 5.10. The number of nitrogens with zero attached hydrogens (tertiary/aromatic N) is 3. The van der Waals surface area contributed by atoms with Gasteiger partial charge in [0.05, 0.1) is 31.7 Å². The molecule has 0 radical (unpaired) electrons. The van der Waals surface area contributed by atoms with Gasteiger partial charge in [-0.2, -0.15) is 0 Å². The van der Waals surface area contributed by atoms with Crippen molar-refractivity contribution < 1.29 is 9.69 Å². The van der Waals surface area contributed by atoms with Gasteiger partial charge in [-0.3, -0.25) is 4.79 Å². The average Bonchev–Trinajstić information content (AvgIpc) is 3.16. The highest BCUT2D eigenvalue weighted by Crippen LogP contribution is 2.28. The molecule has 6 heteroatoms. The van der Waals surface area contributed by atoms with E-state index in [2.05, 4.69) is 66.9 Å². The average molecular weight is 411 g/mol. The van der Waals surface area contributed by atoms with Crippen molar-refractivity contribution >= 4 is 5.91 Å². The van der Waals surface area contributed by atoms with Crippen LogP contribution in [0.1, 0.15) is 53.0 Å². The third-order valence-electron chi connectivity index (χ3n) is 6.81. The van der Waals surface area contributed by atoms with Crippen LogP contribution in [0, 0.1) is 11.8 Å². The number of benzene rings is 1. The minimum atomic E-state index is 0.150. The number of hydrogen-bond acceptors (Lipinski definition) is 3. The predicted molar refractivity (Wildman–Crippen MR) is 118 cm³/mol. The third-order valence-corrected chi connectivity index (χ3v) is 6.81. The SMILES string of the molecule is CC(C)NC(=O)[C@H]1C[NH+]2CC[C@H]1C[C@@H]2Cn1cc(-c2ccc(C(C)(C)C)cc2)nn1. The highest BCUT2D eigenvalue weighted by molar-refractivity contribution is 5.79. The maximum absolute atomic E-state index is 12.6. The zero-order valence-electron chi connectivity index (χ0n) is 19.0. The Balaban J connectivity index is 1.40. The molecule has 2 aromatic rings. The molecule has 4 heterocycles. The molecule has 2 N–H and O–H groups in total. The van der Waals surface area contributed by atoms with E-state index in [-0.39, 0.29) is 23.3 Å². The molecule has 0 spiro atoms. The van der Waals surface area contributed by atoms with Crippen molar-refractivity contribution in [3.8, 4) is 11.3 Å². The van der Waals surface area contributed by atoms with Crippen LogP contribution in [0.5, 0.6) is 0 Å². The highest BCUT2D eigenvalue weighted by atomic mass is 16.2. The lowest BCUT2D eigenvalue weighted by Gasteiger charge is -2.46. The van der Waals surface area contributed by atoms with Crippen molar-refractivity contribution in [2.45, 2.75) is 71.5 Å². The second-order valence-electron chi connectivity index (χ2n) is 10.5. The van der Waals surface area contributed by atoms with E-state index in [1.54, 1.807) is 4.90 Å². The van der Waals surface area contributed by atoms with E-state index in [1.807, 2.05) is 18.5 Å². The zero-order valence-corrected chi connectivity index (χ0v) is 19.0. The lowest BCUT2D eigenvalue weighted by molar-refractivity contribution is -0.945. The molecule has 1 amide bonds. The molecule has 6 nitrogen and oxygen atoms in total. The molecule has 5 rings (SSSR count). The van der Waals surface area contributed by atoms with Crippen LogP contribution in [0.25, 0.3) is 11.3 Å². The third kappa shape index (κ3) is 4.43. The molecule has 0 saturated carbocycles. The van der Waals surface area contributed by atoms with E-state index >= 15 is 0 Å². The van der Waals surface area contributed by atoms with Gasteiger partial charge in [-0.15, -0.1) is 5.10 Å². The molecule has 1 aromatic heterocycles. The van der Waals surface area contributed by atoms with Crippen molar-refractivity contribution in [2.24, 2.45) is 11.8 Å². The van der Waals surface area contributed by atoms with Crippen molar-refractivity contribution in [1.29, 1.82) is 0 Å². The summed E-state index contributed by atoms with van der Waals surface area (Å²) in [5.41, 5.74) is 3.51. The number of amides is 1. The number of piperidine rings is 3. The smallest absolute Gasteiger partial charge is 0.229 e. The number of rotatable bonds is 5. The fourth-order valence-electron chi connectivity index (χ4n) is 5.10. The number of carbonyl (C=O) groups is 1. The molecule has 3 saturated heterocycles. The Bertz CT molecular complexity index is 880. The fraction of sp³-hybridized carbons (Fsp3) is 0.625. The number of carbonyl (C=O) groups excluding carboxylic acids is 1. The number of aromatic nitrogens is 3. The molecule has 4 atom stereocenters. The summed E-state index contributed by atoms with van der Waals surface area (Å²) < 4.78 is 1.99. The number of nitrogens with one attached hydrogen (secondary N) is 2. The van der Waals surface area contributed by atoms with E-state index < -0.39 is 0 Å². The van der Waals surface area contributed by atoms with E-state index in [0.717, 1.165) is 43.7 Å². The standard InChI is InChI=1S/C24H35N5O/c1-16(2)25-23(30)21-14-28-11-10-18(21)12-20(28)13-29-15-22(26-27-29)17-6-8-19(9-7-17)24(3,4)5/h6-9,15-16,18,20-21H,10-14H2,1-5H3,(H,25,30)/p+1/t18-,20+,21-/m0/s1. The summed E-state index contributed by atoms with van der Waals surface area (Å²) >= 11 is 0. The van der Waals surface area contributed by atoms with E-state index in [1.165, 1.54) is 5.56 Å². The molecule has 30 heavy (non-hydrogen) atoms. The van der Waals surface area contributed by atoms with Gasteiger partial charge in [-0.25, -0.2) is 4.68 Å². The van der Waals surface area contributed by atoms with Crippen LogP contribution in [0.3, 0.4) is 0 Å². The van der Waals surface area contributed by atoms with Crippen molar-refractivity contribution in [3.05, 3.63) is 36.0 Å². The number of fused-ring (bicyclic) bond motifs is 3. The largest absolute Gasteiger partial charge is 0.353 e. The predicted octanol–water partition coefficient (Wildman–Crippen LogP) is 2.06. The Kier molecular flexibility index (Phi) is 5.71. The summed E-state index contributed by atoms with van der Waals surface area (Å²) in [5, 5.41) is 11.9. The van der Waals surface area contributed by atoms with Crippen molar-refractivity contribution in [1.82, 2.24) is 20.3 Å². The first kappa shape index (κ1) is 21.0. The lowest BCUT2D eigenvalue weighted by Crippen LogP contribution is -3.20. The van der Waals surface area contributed by atoms with Gasteiger partial charge in [0.2, 0.25) is 5.91 Å². The highest BCUT2D eigenvalue weighted by Gasteiger charge is 2.46. The molecule has 1 unspecified atom stereocenters. The first-order chi connectivity index (χ1) is 14.2. The van der Waals surface area contributed by atoms with E-state index in [0.29, 0.717) is 12.0 Å². The molecular formula is C24H36N5O+. The van der Waals surface area contributed by atoms with Gasteiger partial charge in [0.1, 0.15) is 11.7 Å². The van der Waals surface area contributed by atoms with E-state index in [9.17, 15) is 4.79 Å². The van der Waals surface area contributed by atoms with Crippen LogP contribution in [0.2, 0.25) is 0 Å². The first-order valence-electron chi connectivity index (χ1n) is 11.4. The van der Waals surface area contributed by atoms with Gasteiger partial charge in [-0.05, 0) is 30.7 Å². The second-order valence-corrected chi connectivity index (χ2v) is 10.5. The molecular weight excluding hydrogens is 374 g/mol. The molecule has 1 aromatic carbocycles. The molecule has 3 fully saturated rings. The Morgan fingerprint density at radius 2 is 2.00 bits per heavy atom. The zero-order chi connectivity index (χ0) is 21.5. The number of quaternary nitrogens is 1. The van der Waals surface area contributed by atoms with Gasteiger partial charge in [0.15, 0.2) is 0 Å². The summed E-state index contributed by atoms with van der Waals surface area (Å²) in [6.45, 7) is 13.7. The first-order valence-corrected chi connectivity index (χ1v) is 11.4. The van der Waals surface area contributed by atoms with Crippen LogP contribution in [-0.2, 0) is 16.8 Å². The Labute approximate surface area is 180 Å². The summed E-state index contributed by atoms with van der Waals surface area (Å²) in [7, 11) is 0. The number of hydrogen-bond donors (Lipinski definition) is 2. The molecule has 3 aliphatic rings. The summed E-state index contributed by atoms with van der Waals surface area (Å²) in [6.07, 6.45) is 4.32. The maximum Gasteiger partial charge on any atom is 0.229 e. The Morgan fingerprint density at radius 1 is 1.27 bits per heavy atom. The van der Waals surface area contributed by atoms with Crippen LogP contribution < -0.4 is 10.2 Å². The second kappa shape index (κ2) is 8.14. The van der Waals surface area contributed by atoms with Crippen LogP contribution in [-0.4, -0.2) is 46.1 Å². The molecule has 2 bridgehead atoms. The molecule has 0 aliphatic carbocycles. The van der Waals surface area contributed by atoms with E-state index in [4.69, 9.17) is 0 Å². The molecule has 162 valence electrons. The van der Waals surface area contributed by atoms with Crippen molar-refractivity contribution in [3.63, 3.8) is 0 Å². The summed E-state index contributed by atoms with van der Waals surface area (Å²) in [6, 6.07) is 9.39.